The van der Waals surface area contributed by atoms with Crippen LogP contribution in [-0.2, 0) is 33.5 Å². The quantitative estimate of drug-likeness (QED) is 0.553. The minimum absolute atomic E-state index is 0.0126. The Kier molecular flexibility index (Phi) is 5.37. The molecule has 1 aliphatic carbocycles. The van der Waals surface area contributed by atoms with Crippen molar-refractivity contribution in [3.8, 4) is 0 Å². The summed E-state index contributed by atoms with van der Waals surface area (Å²) in [5.74, 6) is 0.756. The maximum absolute atomic E-state index is 13.3. The highest BCUT2D eigenvalue weighted by molar-refractivity contribution is 6.41. The topological polar surface area (TPSA) is 74.7 Å². The summed E-state index contributed by atoms with van der Waals surface area (Å²) >= 11 is 0. The molecule has 3 heterocycles. The van der Waals surface area contributed by atoms with E-state index in [1.165, 1.54) is 11.1 Å². The summed E-state index contributed by atoms with van der Waals surface area (Å²) in [5, 5.41) is 2.97. The number of nitrogens with one attached hydrogen (secondary N) is 1. The lowest BCUT2D eigenvalue weighted by atomic mass is 9.79. The van der Waals surface area contributed by atoms with Crippen molar-refractivity contribution >= 4 is 29.4 Å². The van der Waals surface area contributed by atoms with Crippen LogP contribution in [0.25, 0.3) is 6.08 Å². The second-order valence-electron chi connectivity index (χ2n) is 10.7. The Morgan fingerprint density at radius 3 is 2.59 bits per heavy atom. The van der Waals surface area contributed by atoms with Gasteiger partial charge in [0.2, 0.25) is 5.91 Å². The van der Waals surface area contributed by atoms with Crippen LogP contribution in [0.5, 0.6) is 0 Å². The highest BCUT2D eigenvalue weighted by Gasteiger charge is 2.51. The lowest BCUT2D eigenvalue weighted by Crippen LogP contribution is -2.43. The summed E-state index contributed by atoms with van der Waals surface area (Å²) in [6.07, 6.45) is 7.15. The summed E-state index contributed by atoms with van der Waals surface area (Å²) in [6.45, 7) is 6.49. The maximum Gasteiger partial charge on any atom is 0.270 e. The molecule has 3 aliphatic rings. The molecule has 2 atom stereocenters. The third kappa shape index (κ3) is 3.62. The van der Waals surface area contributed by atoms with Crippen LogP contribution in [0.4, 0.5) is 5.82 Å². The molecule has 0 saturated carbocycles. The fraction of sp³-hybridized carbons (Fsp3) is 0.290. The molecule has 3 aromatic rings. The Bertz CT molecular complexity index is 1480. The number of benzene rings is 2. The molecular weight excluding hydrogens is 460 g/mol. The van der Waals surface area contributed by atoms with Gasteiger partial charge in [-0.3, -0.25) is 14.6 Å². The molecule has 0 radical (unpaired) electrons. The first-order valence-corrected chi connectivity index (χ1v) is 12.8. The summed E-state index contributed by atoms with van der Waals surface area (Å²) in [6, 6.07) is 20.3. The van der Waals surface area contributed by atoms with Crippen molar-refractivity contribution in [2.45, 2.75) is 44.7 Å². The number of amides is 2. The zero-order valence-corrected chi connectivity index (χ0v) is 21.4. The van der Waals surface area contributed by atoms with Gasteiger partial charge in [-0.15, -0.1) is 0 Å². The van der Waals surface area contributed by atoms with E-state index in [0.717, 1.165) is 16.7 Å². The molecule has 0 saturated heterocycles. The molecule has 2 aromatic carbocycles. The highest BCUT2D eigenvalue weighted by atomic mass is 16.2. The van der Waals surface area contributed by atoms with Crippen LogP contribution in [-0.4, -0.2) is 34.0 Å². The maximum atomic E-state index is 13.3. The number of hydrogen-bond donors (Lipinski definition) is 1. The summed E-state index contributed by atoms with van der Waals surface area (Å²) < 4.78 is 0. The first kappa shape index (κ1) is 23.3. The van der Waals surface area contributed by atoms with Gasteiger partial charge in [0.25, 0.3) is 5.91 Å². The average Bonchev–Trinajstić information content (AvgIpc) is 3.50. The fourth-order valence-corrected chi connectivity index (χ4v) is 5.97. The highest BCUT2D eigenvalue weighted by Crippen LogP contribution is 2.46. The molecule has 0 bridgehead atoms. The van der Waals surface area contributed by atoms with Crippen LogP contribution in [0.1, 0.15) is 48.6 Å². The van der Waals surface area contributed by atoms with Crippen molar-refractivity contribution in [2.24, 2.45) is 10.9 Å². The zero-order chi connectivity index (χ0) is 25.8. The van der Waals surface area contributed by atoms with E-state index in [9.17, 15) is 9.59 Å². The molecule has 186 valence electrons. The Morgan fingerprint density at radius 2 is 1.81 bits per heavy atom. The molecule has 2 amide bonds. The Balaban J connectivity index is 1.24. The SMILES string of the molecule is CC(C)C1=N[C@@](C)(c2ccccc2)N(C/C=C/c2ccc3c(c2)C[C@@]2(C3)C(=O)Nc3ncccc32)C1=O. The largest absolute Gasteiger partial charge is 0.310 e. The molecule has 1 aromatic heterocycles. The van der Waals surface area contributed by atoms with Crippen LogP contribution in [0.3, 0.4) is 0 Å². The molecule has 1 spiro atoms. The van der Waals surface area contributed by atoms with Crippen LogP contribution in [0, 0.1) is 5.92 Å². The van der Waals surface area contributed by atoms with Gasteiger partial charge in [0.15, 0.2) is 5.66 Å². The number of anilines is 1. The van der Waals surface area contributed by atoms with Gasteiger partial charge in [0.1, 0.15) is 11.5 Å². The monoisotopic (exact) mass is 490 g/mol. The van der Waals surface area contributed by atoms with Crippen LogP contribution in [0.15, 0.2) is 77.9 Å². The molecule has 0 unspecified atom stereocenters. The van der Waals surface area contributed by atoms with E-state index in [-0.39, 0.29) is 17.7 Å². The molecule has 1 N–H and O–H groups in total. The van der Waals surface area contributed by atoms with Crippen LogP contribution in [0.2, 0.25) is 0 Å². The van der Waals surface area contributed by atoms with E-state index in [2.05, 4.69) is 34.6 Å². The lowest BCUT2D eigenvalue weighted by Gasteiger charge is -2.32. The van der Waals surface area contributed by atoms with Crippen LogP contribution >= 0.6 is 0 Å². The van der Waals surface area contributed by atoms with E-state index >= 15 is 0 Å². The first-order chi connectivity index (χ1) is 17.8. The minimum atomic E-state index is -0.732. The van der Waals surface area contributed by atoms with Gasteiger partial charge >= 0.3 is 0 Å². The predicted molar refractivity (Wildman–Crippen MR) is 145 cm³/mol. The Labute approximate surface area is 217 Å². The van der Waals surface area contributed by atoms with E-state index in [0.29, 0.717) is 30.9 Å². The molecule has 2 aliphatic heterocycles. The second kappa shape index (κ2) is 8.51. The molecule has 37 heavy (non-hydrogen) atoms. The van der Waals surface area contributed by atoms with Crippen LogP contribution < -0.4 is 5.32 Å². The van der Waals surface area contributed by atoms with Gasteiger partial charge in [-0.05, 0) is 48.1 Å². The van der Waals surface area contributed by atoms with E-state index < -0.39 is 11.1 Å². The van der Waals surface area contributed by atoms with Gasteiger partial charge in [0.05, 0.1) is 5.41 Å². The zero-order valence-electron chi connectivity index (χ0n) is 21.4. The van der Waals surface area contributed by atoms with Crippen molar-refractivity contribution in [1.82, 2.24) is 9.88 Å². The number of fused-ring (bicyclic) bond motifs is 3. The number of carbonyl (C=O) groups is 2. The lowest BCUT2D eigenvalue weighted by molar-refractivity contribution is -0.127. The summed E-state index contributed by atoms with van der Waals surface area (Å²) in [4.78, 5) is 37.4. The predicted octanol–water partition coefficient (Wildman–Crippen LogP) is 4.90. The van der Waals surface area contributed by atoms with Gasteiger partial charge < -0.3 is 10.2 Å². The standard InChI is InChI=1S/C31H30N4O2/c1-20(2)26-28(36)35(30(3,34-26)24-10-5-4-6-11-24)16-8-9-21-13-14-22-18-31(19-23(22)17-21)25-12-7-15-32-27(25)33-29(31)37/h4-15,17,20H,16,18-19H2,1-3H3,(H,32,33,37)/b9-8+/t30-,31-/m1/s1. The average molecular weight is 491 g/mol. The first-order valence-electron chi connectivity index (χ1n) is 12.8. The van der Waals surface area contributed by atoms with E-state index in [1.807, 2.05) is 74.2 Å². The number of aliphatic imine (C=N–C) groups is 1. The number of carbonyl (C=O) groups excluding carboxylic acids is 2. The summed E-state index contributed by atoms with van der Waals surface area (Å²) in [7, 11) is 0. The number of aromatic nitrogens is 1. The number of hydrogen-bond acceptors (Lipinski definition) is 4. The van der Waals surface area contributed by atoms with Gasteiger partial charge in [-0.2, -0.15) is 0 Å². The summed E-state index contributed by atoms with van der Waals surface area (Å²) in [5.41, 5.74) is 4.74. The smallest absolute Gasteiger partial charge is 0.270 e. The molecule has 6 rings (SSSR count). The molecule has 6 heteroatoms. The van der Waals surface area contributed by atoms with E-state index in [1.54, 1.807) is 6.20 Å². The Morgan fingerprint density at radius 1 is 1.03 bits per heavy atom. The normalized spacial score (nSPS) is 24.2. The van der Waals surface area contributed by atoms with Gasteiger partial charge in [0, 0.05) is 24.2 Å². The third-order valence-corrected chi connectivity index (χ3v) is 8.00. The van der Waals surface area contributed by atoms with Crippen molar-refractivity contribution in [1.29, 1.82) is 0 Å². The molecular formula is C31H30N4O2. The number of nitrogens with zero attached hydrogens (tertiary/aromatic N) is 3. The number of rotatable bonds is 5. The Hall–Kier alpha value is -4.06. The minimum Gasteiger partial charge on any atom is -0.310 e. The molecule has 0 fully saturated rings. The van der Waals surface area contributed by atoms with Crippen molar-refractivity contribution in [3.63, 3.8) is 0 Å². The van der Waals surface area contributed by atoms with E-state index in [4.69, 9.17) is 4.99 Å². The number of pyridine rings is 1. The van der Waals surface area contributed by atoms with Crippen molar-refractivity contribution < 1.29 is 9.59 Å². The molecule has 6 nitrogen and oxygen atoms in total. The van der Waals surface area contributed by atoms with Gasteiger partial charge in [-0.1, -0.05) is 80.6 Å². The van der Waals surface area contributed by atoms with Crippen molar-refractivity contribution in [2.75, 3.05) is 11.9 Å². The fourth-order valence-electron chi connectivity index (χ4n) is 5.97. The third-order valence-electron chi connectivity index (χ3n) is 8.00. The van der Waals surface area contributed by atoms with Crippen molar-refractivity contribution in [3.05, 3.63) is 101 Å². The van der Waals surface area contributed by atoms with Gasteiger partial charge in [-0.25, -0.2) is 4.98 Å². The second-order valence-corrected chi connectivity index (χ2v) is 10.7.